The fourth-order valence-corrected chi connectivity index (χ4v) is 1.85. The lowest BCUT2D eigenvalue weighted by Gasteiger charge is -2.27. The zero-order valence-electron chi connectivity index (χ0n) is 14.0. The Bertz CT molecular complexity index is 605. The van der Waals surface area contributed by atoms with Gasteiger partial charge in [-0.15, -0.1) is 0 Å². The monoisotopic (exact) mass is 337 g/mol. The van der Waals surface area contributed by atoms with Crippen molar-refractivity contribution in [1.82, 2.24) is 4.90 Å². The lowest BCUT2D eigenvalue weighted by molar-refractivity contribution is -0.137. The highest BCUT2D eigenvalue weighted by atomic mass is 16.6. The van der Waals surface area contributed by atoms with Crippen molar-refractivity contribution in [1.29, 1.82) is 0 Å². The molecule has 132 valence electrons. The lowest BCUT2D eigenvalue weighted by atomic mass is 10.1. The number of carbonyl (C=O) groups is 2. The Labute approximate surface area is 140 Å². The third-order valence-corrected chi connectivity index (χ3v) is 2.98. The van der Waals surface area contributed by atoms with E-state index in [4.69, 9.17) is 20.8 Å². The number of rotatable bonds is 6. The van der Waals surface area contributed by atoms with Gasteiger partial charge in [0.1, 0.15) is 5.60 Å². The summed E-state index contributed by atoms with van der Waals surface area (Å²) in [4.78, 5) is 24.4. The number of aliphatic carboxylic acids is 1. The molecular formula is C16H23N3O5. The van der Waals surface area contributed by atoms with Gasteiger partial charge in [0, 0.05) is 18.7 Å². The molecule has 1 aromatic carbocycles. The minimum atomic E-state index is -0.995. The third kappa shape index (κ3) is 6.55. The number of carbonyl (C=O) groups excluding carboxylic acids is 1. The fourth-order valence-electron chi connectivity index (χ4n) is 1.85. The van der Waals surface area contributed by atoms with Gasteiger partial charge < -0.3 is 25.7 Å². The van der Waals surface area contributed by atoms with Crippen LogP contribution in [0, 0.1) is 0 Å². The van der Waals surface area contributed by atoms with Gasteiger partial charge in [0.2, 0.25) is 0 Å². The van der Waals surface area contributed by atoms with Crippen LogP contribution in [0.1, 0.15) is 38.3 Å². The summed E-state index contributed by atoms with van der Waals surface area (Å²) in [5, 5.41) is 20.4. The van der Waals surface area contributed by atoms with Crippen LogP contribution in [0.5, 0.6) is 0 Å². The standard InChI is InChI=1S/C16H23N3O5/c1-16(2,3)24-15(22)19(9-8-13(20)21)10-11-4-6-12(7-5-11)14(17)18-23/h4-7,23H,8-10H2,1-3H3,(H2,17,18)(H,20,21). The maximum atomic E-state index is 12.2. The summed E-state index contributed by atoms with van der Waals surface area (Å²) in [5.41, 5.74) is 6.12. The van der Waals surface area contributed by atoms with Crippen molar-refractivity contribution in [3.05, 3.63) is 35.4 Å². The minimum absolute atomic E-state index is 0.0172. The minimum Gasteiger partial charge on any atom is -0.481 e. The molecule has 0 heterocycles. The molecule has 24 heavy (non-hydrogen) atoms. The number of nitrogens with zero attached hydrogens (tertiary/aromatic N) is 2. The number of carboxylic acid groups (broad SMARTS) is 1. The van der Waals surface area contributed by atoms with Crippen LogP contribution in [0.3, 0.4) is 0 Å². The first kappa shape index (κ1) is 19.3. The lowest BCUT2D eigenvalue weighted by Crippen LogP contribution is -2.37. The van der Waals surface area contributed by atoms with E-state index in [0.717, 1.165) is 5.56 Å². The van der Waals surface area contributed by atoms with Crippen LogP contribution in [0.15, 0.2) is 29.4 Å². The van der Waals surface area contributed by atoms with E-state index in [0.29, 0.717) is 5.56 Å². The average Bonchev–Trinajstić information content (AvgIpc) is 2.49. The second-order valence-electron chi connectivity index (χ2n) is 6.23. The van der Waals surface area contributed by atoms with E-state index in [9.17, 15) is 9.59 Å². The van der Waals surface area contributed by atoms with Crippen molar-refractivity contribution in [2.45, 2.75) is 39.3 Å². The summed E-state index contributed by atoms with van der Waals surface area (Å²) in [6.07, 6.45) is -0.759. The van der Waals surface area contributed by atoms with Crippen molar-refractivity contribution in [3.8, 4) is 0 Å². The maximum Gasteiger partial charge on any atom is 0.410 e. The largest absolute Gasteiger partial charge is 0.481 e. The molecule has 0 spiro atoms. The summed E-state index contributed by atoms with van der Waals surface area (Å²) < 4.78 is 5.31. The Morgan fingerprint density at radius 2 is 1.83 bits per heavy atom. The molecule has 1 aromatic rings. The molecular weight excluding hydrogens is 314 g/mol. The van der Waals surface area contributed by atoms with Crippen molar-refractivity contribution >= 4 is 17.9 Å². The van der Waals surface area contributed by atoms with E-state index in [1.165, 1.54) is 4.90 Å². The molecule has 0 aliphatic rings. The van der Waals surface area contributed by atoms with E-state index in [1.54, 1.807) is 45.0 Å². The summed E-state index contributed by atoms with van der Waals surface area (Å²) in [7, 11) is 0. The van der Waals surface area contributed by atoms with Crippen LogP contribution in [-0.2, 0) is 16.1 Å². The first-order chi connectivity index (χ1) is 11.1. The fraction of sp³-hybridized carbons (Fsp3) is 0.438. The number of amidine groups is 1. The summed E-state index contributed by atoms with van der Waals surface area (Å²) >= 11 is 0. The van der Waals surface area contributed by atoms with Crippen LogP contribution >= 0.6 is 0 Å². The highest BCUT2D eigenvalue weighted by Gasteiger charge is 2.22. The molecule has 1 rings (SSSR count). The molecule has 0 saturated heterocycles. The highest BCUT2D eigenvalue weighted by molar-refractivity contribution is 5.96. The first-order valence-corrected chi connectivity index (χ1v) is 7.39. The Morgan fingerprint density at radius 1 is 1.25 bits per heavy atom. The Morgan fingerprint density at radius 3 is 2.29 bits per heavy atom. The Kier molecular flexibility index (Phi) is 6.58. The first-order valence-electron chi connectivity index (χ1n) is 7.39. The van der Waals surface area contributed by atoms with Crippen LogP contribution in [0.4, 0.5) is 4.79 Å². The molecule has 0 aliphatic heterocycles. The molecule has 0 atom stereocenters. The second kappa shape index (κ2) is 8.19. The topological polar surface area (TPSA) is 125 Å². The molecule has 0 unspecified atom stereocenters. The highest BCUT2D eigenvalue weighted by Crippen LogP contribution is 2.14. The third-order valence-electron chi connectivity index (χ3n) is 2.98. The molecule has 4 N–H and O–H groups in total. The predicted octanol–water partition coefficient (Wildman–Crippen LogP) is 1.99. The number of nitrogens with two attached hydrogens (primary N) is 1. The van der Waals surface area contributed by atoms with E-state index in [1.807, 2.05) is 0 Å². The van der Waals surface area contributed by atoms with E-state index >= 15 is 0 Å². The predicted molar refractivity (Wildman–Crippen MR) is 87.8 cm³/mol. The van der Waals surface area contributed by atoms with Crippen LogP contribution < -0.4 is 5.73 Å². The van der Waals surface area contributed by atoms with E-state index < -0.39 is 17.7 Å². The molecule has 0 aliphatic carbocycles. The van der Waals surface area contributed by atoms with Crippen molar-refractivity contribution in [3.63, 3.8) is 0 Å². The SMILES string of the molecule is CC(C)(C)OC(=O)N(CCC(=O)O)Cc1ccc(/C(N)=N\O)cc1. The quantitative estimate of drug-likeness (QED) is 0.315. The molecule has 0 aromatic heterocycles. The van der Waals surface area contributed by atoms with E-state index in [2.05, 4.69) is 5.16 Å². The van der Waals surface area contributed by atoms with Crippen LogP contribution in [0.2, 0.25) is 0 Å². The van der Waals surface area contributed by atoms with E-state index in [-0.39, 0.29) is 25.3 Å². The van der Waals surface area contributed by atoms with Gasteiger partial charge in [-0.2, -0.15) is 0 Å². The van der Waals surface area contributed by atoms with Gasteiger partial charge in [-0.25, -0.2) is 4.79 Å². The van der Waals surface area contributed by atoms with Crippen LogP contribution in [-0.4, -0.2) is 45.3 Å². The smallest absolute Gasteiger partial charge is 0.410 e. The van der Waals surface area contributed by atoms with Gasteiger partial charge in [-0.1, -0.05) is 29.4 Å². The van der Waals surface area contributed by atoms with Gasteiger partial charge in [0.05, 0.1) is 6.42 Å². The molecule has 0 bridgehead atoms. The van der Waals surface area contributed by atoms with Gasteiger partial charge in [-0.05, 0) is 26.3 Å². The molecule has 1 amide bonds. The van der Waals surface area contributed by atoms with Crippen molar-refractivity contribution in [2.24, 2.45) is 10.9 Å². The van der Waals surface area contributed by atoms with Gasteiger partial charge in [-0.3, -0.25) is 4.79 Å². The summed E-state index contributed by atoms with van der Waals surface area (Å²) in [5.74, 6) is -1.01. The van der Waals surface area contributed by atoms with Crippen molar-refractivity contribution < 1.29 is 24.6 Å². The Balaban J connectivity index is 2.87. The number of carboxylic acids is 1. The number of hydrogen-bond donors (Lipinski definition) is 3. The molecule has 0 saturated carbocycles. The van der Waals surface area contributed by atoms with Gasteiger partial charge in [0.25, 0.3) is 0 Å². The molecule has 0 radical (unpaired) electrons. The zero-order valence-corrected chi connectivity index (χ0v) is 14.0. The average molecular weight is 337 g/mol. The number of hydrogen-bond acceptors (Lipinski definition) is 5. The Hall–Kier alpha value is -2.77. The number of benzene rings is 1. The normalized spacial score (nSPS) is 11.9. The summed E-state index contributed by atoms with van der Waals surface area (Å²) in [6, 6.07) is 6.72. The molecule has 8 heteroatoms. The number of oxime groups is 1. The molecule has 8 nitrogen and oxygen atoms in total. The van der Waals surface area contributed by atoms with Crippen LogP contribution in [0.25, 0.3) is 0 Å². The molecule has 0 fully saturated rings. The van der Waals surface area contributed by atoms with Gasteiger partial charge >= 0.3 is 12.1 Å². The van der Waals surface area contributed by atoms with Crippen molar-refractivity contribution in [2.75, 3.05) is 6.54 Å². The van der Waals surface area contributed by atoms with Gasteiger partial charge in [0.15, 0.2) is 5.84 Å². The second-order valence-corrected chi connectivity index (χ2v) is 6.23. The summed E-state index contributed by atoms with van der Waals surface area (Å²) in [6.45, 7) is 5.45. The maximum absolute atomic E-state index is 12.2. The number of ether oxygens (including phenoxy) is 1. The number of amides is 1. The zero-order chi connectivity index (χ0) is 18.3.